The van der Waals surface area contributed by atoms with Crippen molar-refractivity contribution >= 4 is 23.1 Å². The molecule has 1 saturated heterocycles. The van der Waals surface area contributed by atoms with E-state index in [2.05, 4.69) is 41.3 Å². The van der Waals surface area contributed by atoms with Crippen molar-refractivity contribution in [1.29, 1.82) is 0 Å². The zero-order valence-corrected chi connectivity index (χ0v) is 20.1. The summed E-state index contributed by atoms with van der Waals surface area (Å²) in [5.74, 6) is 2.25. The Morgan fingerprint density at radius 1 is 1.51 bits per heavy atom. The molecule has 0 unspecified atom stereocenters. The molecule has 0 radical (unpaired) electrons. The lowest BCUT2D eigenvalue weighted by Gasteiger charge is -2.30. The summed E-state index contributed by atoms with van der Waals surface area (Å²) in [4.78, 5) is 23.7. The van der Waals surface area contributed by atoms with Gasteiger partial charge in [-0.05, 0) is 24.7 Å². The van der Waals surface area contributed by atoms with Gasteiger partial charge in [0.1, 0.15) is 6.23 Å². The Morgan fingerprint density at radius 2 is 2.26 bits per heavy atom. The summed E-state index contributed by atoms with van der Waals surface area (Å²) in [7, 11) is 0. The van der Waals surface area contributed by atoms with E-state index in [4.69, 9.17) is 26.4 Å². The van der Waals surface area contributed by atoms with Crippen molar-refractivity contribution in [1.82, 2.24) is 19.5 Å². The van der Waals surface area contributed by atoms with Crippen LogP contribution in [0.2, 0.25) is 0 Å². The van der Waals surface area contributed by atoms with Crippen LogP contribution in [-0.2, 0) is 14.2 Å². The fourth-order valence-corrected chi connectivity index (χ4v) is 4.54. The Balaban J connectivity index is 1.66. The van der Waals surface area contributed by atoms with E-state index in [0.717, 1.165) is 25.7 Å². The maximum absolute atomic E-state index is 13.7. The molecule has 0 aromatic carbocycles. The monoisotopic (exact) mass is 489 g/mol. The molecular weight excluding hydrogens is 457 g/mol. The molecule has 190 valence electrons. The molecule has 2 aromatic rings. The van der Waals surface area contributed by atoms with Crippen LogP contribution in [-0.4, -0.2) is 55.7 Å². The number of allylic oxidation sites excluding steroid dienone is 1. The van der Waals surface area contributed by atoms with Crippen molar-refractivity contribution < 1.29 is 28.5 Å². The number of terminal acetylenes is 1. The Bertz CT molecular complexity index is 1100. The van der Waals surface area contributed by atoms with E-state index >= 15 is 0 Å². The zero-order chi connectivity index (χ0) is 25.6. The molecule has 1 aliphatic rings. The number of carbonyl (C=O) groups is 1. The molecular formula is C24H32FN5O5. The summed E-state index contributed by atoms with van der Waals surface area (Å²) >= 11 is 0. The second-order valence-corrected chi connectivity index (χ2v) is 8.71. The highest BCUT2D eigenvalue weighted by Crippen LogP contribution is 2.40. The van der Waals surface area contributed by atoms with Crippen molar-refractivity contribution in [3.63, 3.8) is 0 Å². The molecule has 3 atom stereocenters. The van der Waals surface area contributed by atoms with Crippen LogP contribution in [0, 0.1) is 23.8 Å². The van der Waals surface area contributed by atoms with Gasteiger partial charge in [0, 0.05) is 6.42 Å². The highest BCUT2D eigenvalue weighted by atomic mass is 19.1. The quantitative estimate of drug-likeness (QED) is 0.160. The number of hydrogen-bond acceptors (Lipinski definition) is 9. The van der Waals surface area contributed by atoms with E-state index in [1.165, 1.54) is 10.9 Å². The summed E-state index contributed by atoms with van der Waals surface area (Å²) < 4.78 is 31.8. The number of aromatic nitrogens is 4. The van der Waals surface area contributed by atoms with Gasteiger partial charge in [0.25, 0.3) is 0 Å². The minimum atomic E-state index is -1.62. The molecule has 11 heteroatoms. The van der Waals surface area contributed by atoms with Gasteiger partial charge in [-0.15, -0.1) is 13.0 Å². The number of nitrogens with zero attached hydrogens (tertiary/aromatic N) is 4. The number of hydrogen-bond donors (Lipinski definition) is 2. The van der Waals surface area contributed by atoms with Gasteiger partial charge in [-0.3, -0.25) is 4.57 Å². The molecule has 1 fully saturated rings. The van der Waals surface area contributed by atoms with Crippen LogP contribution >= 0.6 is 0 Å². The van der Waals surface area contributed by atoms with Crippen LogP contribution in [0.4, 0.5) is 15.0 Å². The molecule has 0 spiro atoms. The Labute approximate surface area is 203 Å². The van der Waals surface area contributed by atoms with E-state index in [9.17, 15) is 14.3 Å². The highest BCUT2D eigenvalue weighted by Gasteiger charge is 2.51. The number of ether oxygens (including phenoxy) is 3. The number of aliphatic hydroxyl groups is 1. The first-order valence-electron chi connectivity index (χ1n) is 11.6. The lowest BCUT2D eigenvalue weighted by molar-refractivity contribution is -0.0977. The third kappa shape index (κ3) is 5.39. The first-order chi connectivity index (χ1) is 16.8. The van der Waals surface area contributed by atoms with Gasteiger partial charge in [-0.1, -0.05) is 38.7 Å². The summed E-state index contributed by atoms with van der Waals surface area (Å²) in [5.41, 5.74) is 4.49. The lowest BCUT2D eigenvalue weighted by atomic mass is 9.75. The first-order valence-corrected chi connectivity index (χ1v) is 11.6. The average Bonchev–Trinajstić information content (AvgIpc) is 3.43. The van der Waals surface area contributed by atoms with Crippen LogP contribution in [0.3, 0.4) is 0 Å². The normalized spacial score (nSPS) is 22.1. The molecule has 3 N–H and O–H groups in total. The molecule has 35 heavy (non-hydrogen) atoms. The van der Waals surface area contributed by atoms with Gasteiger partial charge in [-0.2, -0.15) is 14.4 Å². The third-order valence-corrected chi connectivity index (χ3v) is 6.88. The molecule has 1 aliphatic heterocycles. The smallest absolute Gasteiger partial charge is 0.434 e. The SMILES string of the molecule is C#C[C@]1(CO)O[C@@H](n2cnc3c(N)nc(F)nc32)C[C@@H]1OC(=O)OCCCC(CC)(CC)CC=C. The van der Waals surface area contributed by atoms with Gasteiger partial charge in [0.15, 0.2) is 28.7 Å². The van der Waals surface area contributed by atoms with E-state index < -0.39 is 36.8 Å². The number of rotatable bonds is 11. The number of halogens is 1. The maximum Gasteiger partial charge on any atom is 0.508 e. The summed E-state index contributed by atoms with van der Waals surface area (Å²) in [6.07, 6.45) is 9.59. The molecule has 10 nitrogen and oxygen atoms in total. The average molecular weight is 490 g/mol. The first kappa shape index (κ1) is 26.4. The van der Waals surface area contributed by atoms with Crippen molar-refractivity contribution in [2.24, 2.45) is 5.41 Å². The van der Waals surface area contributed by atoms with Crippen LogP contribution in [0.5, 0.6) is 0 Å². The Kier molecular flexibility index (Phi) is 8.30. The highest BCUT2D eigenvalue weighted by molar-refractivity contribution is 5.81. The molecule has 3 rings (SSSR count). The van der Waals surface area contributed by atoms with Crippen molar-refractivity contribution in [2.75, 3.05) is 18.9 Å². The number of nitrogens with two attached hydrogens (primary N) is 1. The number of imidazole rings is 1. The minimum absolute atomic E-state index is 0.0466. The molecule has 0 saturated carbocycles. The summed E-state index contributed by atoms with van der Waals surface area (Å²) in [6.45, 7) is 7.69. The van der Waals surface area contributed by atoms with Crippen LogP contribution in [0.1, 0.15) is 58.6 Å². The second kappa shape index (κ2) is 11.0. The van der Waals surface area contributed by atoms with Gasteiger partial charge >= 0.3 is 12.2 Å². The fourth-order valence-electron chi connectivity index (χ4n) is 4.54. The Morgan fingerprint density at radius 3 is 2.89 bits per heavy atom. The van der Waals surface area contributed by atoms with Gasteiger partial charge in [0.2, 0.25) is 0 Å². The number of fused-ring (bicyclic) bond motifs is 1. The summed E-state index contributed by atoms with van der Waals surface area (Å²) in [6, 6.07) is 0. The Hall–Kier alpha value is -3.23. The van der Waals surface area contributed by atoms with Crippen molar-refractivity contribution in [3.05, 3.63) is 25.1 Å². The molecule has 0 bridgehead atoms. The minimum Gasteiger partial charge on any atom is -0.434 e. The number of aliphatic hydroxyl groups excluding tert-OH is 1. The second-order valence-electron chi connectivity index (χ2n) is 8.71. The van der Waals surface area contributed by atoms with Crippen LogP contribution < -0.4 is 5.73 Å². The molecule has 3 heterocycles. The fraction of sp³-hybridized carbons (Fsp3) is 0.583. The number of carbonyl (C=O) groups excluding carboxylic acids is 1. The third-order valence-electron chi connectivity index (χ3n) is 6.88. The largest absolute Gasteiger partial charge is 0.508 e. The number of nitrogen functional groups attached to an aromatic ring is 1. The van der Waals surface area contributed by atoms with Gasteiger partial charge in [-0.25, -0.2) is 9.78 Å². The van der Waals surface area contributed by atoms with Crippen LogP contribution in [0.25, 0.3) is 11.2 Å². The van der Waals surface area contributed by atoms with Crippen LogP contribution in [0.15, 0.2) is 19.0 Å². The molecule has 0 amide bonds. The van der Waals surface area contributed by atoms with E-state index in [1.54, 1.807) is 0 Å². The standard InChI is InChI=1S/C24H32FN5O5/c1-5-10-23(6-2,7-3)11-9-12-33-22(32)34-16-13-17(35-24(16,8-4)14-31)30-15-27-18-19(26)28-21(25)29-20(18)30/h4-5,15-17,31H,1,6-7,9-14H2,2-3H3,(H2,26,28,29)/t16-,17+,24+/m0/s1. The van der Waals surface area contributed by atoms with Gasteiger partial charge < -0.3 is 25.1 Å². The summed E-state index contributed by atoms with van der Waals surface area (Å²) in [5, 5.41) is 9.99. The number of anilines is 1. The van der Waals surface area contributed by atoms with E-state index in [1.807, 2.05) is 6.08 Å². The molecule has 2 aromatic heterocycles. The van der Waals surface area contributed by atoms with Crippen molar-refractivity contribution in [3.8, 4) is 12.3 Å². The topological polar surface area (TPSA) is 135 Å². The maximum atomic E-state index is 13.7. The molecule has 0 aliphatic carbocycles. The lowest BCUT2D eigenvalue weighted by Crippen LogP contribution is -2.44. The predicted molar refractivity (Wildman–Crippen MR) is 126 cm³/mol. The zero-order valence-electron chi connectivity index (χ0n) is 20.1. The van der Waals surface area contributed by atoms with E-state index in [0.29, 0.717) is 6.42 Å². The van der Waals surface area contributed by atoms with Crippen molar-refractivity contribution in [2.45, 2.75) is 70.3 Å². The predicted octanol–water partition coefficient (Wildman–Crippen LogP) is 3.52. The van der Waals surface area contributed by atoms with E-state index in [-0.39, 0.29) is 35.4 Å². The van der Waals surface area contributed by atoms with Gasteiger partial charge in [0.05, 0.1) is 19.5 Å².